The predicted octanol–water partition coefficient (Wildman–Crippen LogP) is 8.29. The van der Waals surface area contributed by atoms with E-state index in [1.807, 2.05) is 36.5 Å². The van der Waals surface area contributed by atoms with Crippen LogP contribution in [0.25, 0.3) is 0 Å². The highest BCUT2D eigenvalue weighted by molar-refractivity contribution is 6.30. The first-order chi connectivity index (χ1) is 24.1. The molecule has 268 valence electrons. The molecule has 50 heavy (non-hydrogen) atoms. The van der Waals surface area contributed by atoms with E-state index in [4.69, 9.17) is 25.8 Å². The minimum Gasteiger partial charge on any atom is -0.493 e. The van der Waals surface area contributed by atoms with E-state index in [-0.39, 0.29) is 11.5 Å². The number of hydrogen-bond donors (Lipinski definition) is 2. The Morgan fingerprint density at radius 1 is 1.18 bits per heavy atom. The van der Waals surface area contributed by atoms with Gasteiger partial charge in [0.25, 0.3) is 0 Å². The van der Waals surface area contributed by atoms with Crippen molar-refractivity contribution in [2.24, 2.45) is 11.8 Å². The highest BCUT2D eigenvalue weighted by Gasteiger charge is 2.54. The first-order valence-electron chi connectivity index (χ1n) is 18.6. The normalized spacial score (nSPS) is 27.4. The number of pyridine rings is 1. The molecule has 0 bridgehead atoms. The van der Waals surface area contributed by atoms with Crippen LogP contribution in [0.5, 0.6) is 17.2 Å². The minimum atomic E-state index is -1.07. The topological polar surface area (TPSA) is 93.2 Å². The zero-order valence-electron chi connectivity index (χ0n) is 30.0. The number of anilines is 1. The van der Waals surface area contributed by atoms with Gasteiger partial charge in [0, 0.05) is 34.7 Å². The molecule has 1 aromatic heterocycles. The van der Waals surface area contributed by atoms with Gasteiger partial charge in [-0.25, -0.2) is 4.79 Å². The largest absolute Gasteiger partial charge is 0.493 e. The SMILES string of the molecule is CCN(C)CC1COc2cc3c(cc2O1)C1(CCC(Nc2cccc(Cl)c2)(C(=O)O)CC1)C(C[C@@H](C)COc1ccnc2c1[C@H](C)CCC2)C3. The van der Waals surface area contributed by atoms with Crippen LogP contribution in [-0.4, -0.2) is 66.0 Å². The van der Waals surface area contributed by atoms with E-state index in [9.17, 15) is 9.90 Å². The van der Waals surface area contributed by atoms with Gasteiger partial charge in [-0.05, 0) is 142 Å². The van der Waals surface area contributed by atoms with Crippen molar-refractivity contribution in [2.75, 3.05) is 38.7 Å². The lowest BCUT2D eigenvalue weighted by atomic mass is 9.59. The molecule has 3 aliphatic carbocycles. The number of nitrogens with one attached hydrogen (secondary N) is 1. The molecule has 4 atom stereocenters. The Labute approximate surface area is 301 Å². The van der Waals surface area contributed by atoms with Gasteiger partial charge in [0.1, 0.15) is 24.0 Å². The zero-order valence-corrected chi connectivity index (χ0v) is 30.7. The second kappa shape index (κ2) is 14.3. The quantitative estimate of drug-likeness (QED) is 0.206. The van der Waals surface area contributed by atoms with Gasteiger partial charge < -0.3 is 29.5 Å². The third kappa shape index (κ3) is 6.78. The Kier molecular flexibility index (Phi) is 9.97. The summed E-state index contributed by atoms with van der Waals surface area (Å²) in [6.07, 6.45) is 9.68. The summed E-state index contributed by atoms with van der Waals surface area (Å²) in [6, 6.07) is 13.9. The molecule has 1 aliphatic heterocycles. The summed E-state index contributed by atoms with van der Waals surface area (Å²) < 4.78 is 19.5. The van der Waals surface area contributed by atoms with Crippen molar-refractivity contribution >= 4 is 23.3 Å². The van der Waals surface area contributed by atoms with E-state index in [0.717, 1.165) is 68.1 Å². The fourth-order valence-corrected chi connectivity index (χ4v) is 9.47. The number of fused-ring (bicyclic) bond motifs is 4. The standard InChI is InChI=1S/C41H52ClN3O5/c1-5-45(4)23-32-25-49-36-20-28-19-29(18-26(2)24-48-35-12-17-43-34-11-6-8-27(3)38(34)35)40(33(28)22-37(36)50-32)13-15-41(16-14-40,39(46)47)44-31-10-7-9-30(42)21-31/h7,9-10,12,17,20-22,26-27,29,32,44H,5-6,8,11,13-16,18-19,23-25H2,1-4H3,(H,46,47)/t26-,27-,29?,32?,40?,41?/m1/s1. The number of ether oxygens (including phenoxy) is 3. The molecular weight excluding hydrogens is 650 g/mol. The number of benzene rings is 2. The second-order valence-electron chi connectivity index (χ2n) is 15.6. The molecule has 0 saturated heterocycles. The number of carboxylic acid groups (broad SMARTS) is 1. The average Bonchev–Trinajstić information content (AvgIpc) is 3.38. The fourth-order valence-electron chi connectivity index (χ4n) is 9.28. The maximum Gasteiger partial charge on any atom is 0.329 e. The average molecular weight is 702 g/mol. The summed E-state index contributed by atoms with van der Waals surface area (Å²) in [5.41, 5.74) is 4.58. The van der Waals surface area contributed by atoms with Crippen molar-refractivity contribution in [3.8, 4) is 17.2 Å². The van der Waals surface area contributed by atoms with Crippen LogP contribution in [0.3, 0.4) is 0 Å². The van der Waals surface area contributed by atoms with E-state index < -0.39 is 11.5 Å². The van der Waals surface area contributed by atoms with E-state index in [1.165, 1.54) is 35.2 Å². The number of nitrogens with zero attached hydrogens (tertiary/aromatic N) is 2. The number of carboxylic acids is 1. The lowest BCUT2D eigenvalue weighted by Gasteiger charge is -2.47. The minimum absolute atomic E-state index is 0.0367. The molecule has 1 spiro atoms. The van der Waals surface area contributed by atoms with E-state index in [0.29, 0.717) is 48.8 Å². The van der Waals surface area contributed by atoms with Crippen molar-refractivity contribution in [3.05, 3.63) is 76.1 Å². The van der Waals surface area contributed by atoms with Gasteiger partial charge >= 0.3 is 5.97 Å². The Morgan fingerprint density at radius 3 is 2.76 bits per heavy atom. The maximum atomic E-state index is 13.0. The smallest absolute Gasteiger partial charge is 0.329 e. The van der Waals surface area contributed by atoms with Crippen LogP contribution in [0.15, 0.2) is 48.7 Å². The fraction of sp³-hybridized carbons (Fsp3) is 0.561. The molecule has 2 aromatic carbocycles. The number of rotatable bonds is 11. The summed E-state index contributed by atoms with van der Waals surface area (Å²) in [5, 5.41) is 14.7. The summed E-state index contributed by atoms with van der Waals surface area (Å²) >= 11 is 6.30. The van der Waals surface area contributed by atoms with Crippen LogP contribution in [0, 0.1) is 11.8 Å². The van der Waals surface area contributed by atoms with Crippen molar-refractivity contribution in [2.45, 2.75) is 102 Å². The first-order valence-corrected chi connectivity index (χ1v) is 19.0. The highest BCUT2D eigenvalue weighted by Crippen LogP contribution is 2.58. The van der Waals surface area contributed by atoms with Crippen LogP contribution in [-0.2, 0) is 23.1 Å². The molecule has 0 amide bonds. The van der Waals surface area contributed by atoms with Gasteiger partial charge in [-0.1, -0.05) is 38.4 Å². The van der Waals surface area contributed by atoms with Crippen LogP contribution in [0.1, 0.15) is 94.0 Å². The van der Waals surface area contributed by atoms with Crippen molar-refractivity contribution < 1.29 is 24.1 Å². The monoisotopic (exact) mass is 701 g/mol. The van der Waals surface area contributed by atoms with Crippen LogP contribution in [0.2, 0.25) is 5.02 Å². The number of carbonyl (C=O) groups is 1. The number of aliphatic carboxylic acids is 1. The lowest BCUT2D eigenvalue weighted by Crippen LogP contribution is -2.53. The van der Waals surface area contributed by atoms with E-state index in [1.54, 1.807) is 0 Å². The summed E-state index contributed by atoms with van der Waals surface area (Å²) in [6.45, 7) is 9.64. The van der Waals surface area contributed by atoms with Crippen LogP contribution in [0.4, 0.5) is 5.69 Å². The van der Waals surface area contributed by atoms with E-state index >= 15 is 0 Å². The molecule has 3 aromatic rings. The Morgan fingerprint density at radius 2 is 2.00 bits per heavy atom. The molecule has 9 heteroatoms. The van der Waals surface area contributed by atoms with Crippen molar-refractivity contribution in [1.29, 1.82) is 0 Å². The number of hydrogen-bond acceptors (Lipinski definition) is 7. The Balaban J connectivity index is 1.15. The number of halogens is 1. The highest BCUT2D eigenvalue weighted by atomic mass is 35.5. The van der Waals surface area contributed by atoms with Gasteiger partial charge in [-0.3, -0.25) is 4.98 Å². The molecule has 8 nitrogen and oxygen atoms in total. The van der Waals surface area contributed by atoms with Gasteiger partial charge in [0.2, 0.25) is 0 Å². The number of aromatic nitrogens is 1. The Bertz CT molecular complexity index is 1710. The van der Waals surface area contributed by atoms with Gasteiger partial charge in [0.15, 0.2) is 11.5 Å². The summed E-state index contributed by atoms with van der Waals surface area (Å²) in [7, 11) is 2.10. The van der Waals surface area contributed by atoms with Crippen LogP contribution < -0.4 is 19.5 Å². The van der Waals surface area contributed by atoms with Crippen molar-refractivity contribution in [1.82, 2.24) is 9.88 Å². The number of likely N-dealkylation sites (N-methyl/N-ethyl adjacent to an activating group) is 1. The molecule has 4 aliphatic rings. The third-order valence-corrected chi connectivity index (χ3v) is 12.4. The molecule has 1 fully saturated rings. The summed E-state index contributed by atoms with van der Waals surface area (Å²) in [5.74, 6) is 2.90. The summed E-state index contributed by atoms with van der Waals surface area (Å²) in [4.78, 5) is 19.9. The zero-order chi connectivity index (χ0) is 35.0. The molecule has 2 N–H and O–H groups in total. The predicted molar refractivity (Wildman–Crippen MR) is 197 cm³/mol. The number of aryl methyl sites for hydroxylation is 1. The Hall–Kier alpha value is -3.49. The van der Waals surface area contributed by atoms with E-state index in [2.05, 4.69) is 55.2 Å². The molecular formula is C41H52ClN3O5. The van der Waals surface area contributed by atoms with Gasteiger partial charge in [-0.15, -0.1) is 0 Å². The first kappa shape index (κ1) is 34.9. The van der Waals surface area contributed by atoms with Crippen molar-refractivity contribution in [3.63, 3.8) is 0 Å². The lowest BCUT2D eigenvalue weighted by molar-refractivity contribution is -0.144. The molecule has 2 unspecified atom stereocenters. The second-order valence-corrected chi connectivity index (χ2v) is 16.0. The molecule has 1 saturated carbocycles. The maximum absolute atomic E-state index is 13.0. The van der Waals surface area contributed by atoms with Crippen LogP contribution >= 0.6 is 11.6 Å². The third-order valence-electron chi connectivity index (χ3n) is 12.1. The molecule has 7 rings (SSSR count). The van der Waals surface area contributed by atoms with Gasteiger partial charge in [-0.2, -0.15) is 0 Å². The molecule has 2 heterocycles. The van der Waals surface area contributed by atoms with Gasteiger partial charge in [0.05, 0.1) is 6.61 Å². The molecule has 0 radical (unpaired) electrons.